The number of fused-ring (bicyclic) bond motifs is 3. The van der Waals surface area contributed by atoms with Crippen molar-refractivity contribution in [2.75, 3.05) is 25.5 Å². The van der Waals surface area contributed by atoms with Crippen molar-refractivity contribution in [1.82, 2.24) is 24.8 Å². The van der Waals surface area contributed by atoms with Gasteiger partial charge in [0.15, 0.2) is 5.96 Å². The first kappa shape index (κ1) is 32.7. The number of anilines is 1. The van der Waals surface area contributed by atoms with Gasteiger partial charge in [0.1, 0.15) is 17.4 Å². The van der Waals surface area contributed by atoms with Gasteiger partial charge in [-0.3, -0.25) is 19.1 Å². The molecule has 3 heterocycles. The second kappa shape index (κ2) is 12.9. The molecule has 4 fully saturated rings. The van der Waals surface area contributed by atoms with Gasteiger partial charge < -0.3 is 20.3 Å². The maximum atomic E-state index is 14.8. The van der Waals surface area contributed by atoms with Gasteiger partial charge in [0.25, 0.3) is 5.56 Å². The predicted molar refractivity (Wildman–Crippen MR) is 189 cm³/mol. The summed E-state index contributed by atoms with van der Waals surface area (Å²) in [7, 11) is 1.50. The smallest absolute Gasteiger partial charge is 0.261 e. The van der Waals surface area contributed by atoms with E-state index in [0.717, 1.165) is 12.1 Å². The first-order chi connectivity index (χ1) is 23.5. The van der Waals surface area contributed by atoms with E-state index in [1.54, 1.807) is 41.2 Å². The monoisotopic (exact) mass is 665 g/mol. The van der Waals surface area contributed by atoms with Crippen LogP contribution in [0.1, 0.15) is 46.1 Å². The van der Waals surface area contributed by atoms with E-state index < -0.39 is 0 Å². The van der Waals surface area contributed by atoms with Gasteiger partial charge in [-0.2, -0.15) is 0 Å². The van der Waals surface area contributed by atoms with Gasteiger partial charge >= 0.3 is 0 Å². The van der Waals surface area contributed by atoms with Crippen LogP contribution in [0.2, 0.25) is 0 Å². The molecule has 2 bridgehead atoms. The molecule has 0 spiro atoms. The fourth-order valence-corrected chi connectivity index (χ4v) is 8.18. The highest BCUT2D eigenvalue weighted by molar-refractivity contribution is 5.98. The van der Waals surface area contributed by atoms with Crippen LogP contribution in [0.3, 0.4) is 0 Å². The minimum absolute atomic E-state index is 0.0190. The fourth-order valence-electron chi connectivity index (χ4n) is 8.18. The molecular formula is C38H44FN7O3. The van der Waals surface area contributed by atoms with Gasteiger partial charge in [-0.1, -0.05) is 26.8 Å². The lowest BCUT2D eigenvalue weighted by Gasteiger charge is -2.61. The number of carbonyl (C=O) groups excluding carboxylic acids is 1. The summed E-state index contributed by atoms with van der Waals surface area (Å²) < 4.78 is 21.6. The zero-order valence-electron chi connectivity index (χ0n) is 28.7. The third kappa shape index (κ3) is 6.26. The van der Waals surface area contributed by atoms with E-state index in [-0.39, 0.29) is 48.9 Å². The molecule has 3 saturated carbocycles. The number of nitrogens with one attached hydrogen (secondary N) is 2. The van der Waals surface area contributed by atoms with E-state index in [2.05, 4.69) is 36.4 Å². The Labute approximate surface area is 285 Å². The standard InChI is InChI=1S/C38H44FN7O3/c1-22-20-45(21-34(47)41-22)37(44-32-16-26-15-30(23(32)2)38(26,3)4)42-27-9-11-29-33(17-27)43-35(25-7-6-13-40-19-25)46(36(29)48)14-12-24-8-10-28(49-5)18-31(24)39/h6-11,13,17-19,22-23,26,30,32H,12,14-16,20-21H2,1-5H3,(H,41,47)(H,42,44)/t22-,23-,26+,30-,32?/m0/s1. The Morgan fingerprint density at radius 2 is 1.98 bits per heavy atom. The van der Waals surface area contributed by atoms with Crippen molar-refractivity contribution in [3.63, 3.8) is 0 Å². The number of methoxy groups -OCH3 is 1. The molecule has 1 aliphatic heterocycles. The normalized spacial score (nSPS) is 24.7. The van der Waals surface area contributed by atoms with Crippen LogP contribution < -0.4 is 20.9 Å². The Bertz CT molecular complexity index is 1980. The summed E-state index contributed by atoms with van der Waals surface area (Å²) in [6.07, 6.45) is 5.91. The van der Waals surface area contributed by atoms with E-state index >= 15 is 0 Å². The maximum absolute atomic E-state index is 14.8. The number of hydrogen-bond donors (Lipinski definition) is 2. The molecule has 4 aromatic rings. The Balaban J connectivity index is 1.24. The number of aromatic nitrogens is 3. The highest BCUT2D eigenvalue weighted by Gasteiger charge is 2.56. The zero-order chi connectivity index (χ0) is 34.4. The molecule has 10 nitrogen and oxygen atoms in total. The maximum Gasteiger partial charge on any atom is 0.261 e. The molecule has 49 heavy (non-hydrogen) atoms. The summed E-state index contributed by atoms with van der Waals surface area (Å²) in [6.45, 7) is 10.1. The van der Waals surface area contributed by atoms with E-state index in [4.69, 9.17) is 14.7 Å². The number of rotatable bonds is 7. The quantitative estimate of drug-likeness (QED) is 0.198. The van der Waals surface area contributed by atoms with Crippen molar-refractivity contribution in [3.05, 3.63) is 82.7 Å². The number of guanidine groups is 1. The van der Waals surface area contributed by atoms with Gasteiger partial charge in [0, 0.05) is 48.8 Å². The number of carbonyl (C=O) groups is 1. The summed E-state index contributed by atoms with van der Waals surface area (Å²) in [6, 6.07) is 14.0. The minimum atomic E-state index is -0.388. The number of benzene rings is 2. The van der Waals surface area contributed by atoms with E-state index in [9.17, 15) is 14.0 Å². The van der Waals surface area contributed by atoms with Crippen molar-refractivity contribution in [3.8, 4) is 17.1 Å². The highest BCUT2D eigenvalue weighted by Crippen LogP contribution is 2.61. The van der Waals surface area contributed by atoms with Crippen LogP contribution in [0.5, 0.6) is 5.75 Å². The minimum Gasteiger partial charge on any atom is -0.497 e. The number of nitrogens with zero attached hydrogens (tertiary/aromatic N) is 5. The molecule has 256 valence electrons. The van der Waals surface area contributed by atoms with Crippen molar-refractivity contribution in [1.29, 1.82) is 0 Å². The average molecular weight is 666 g/mol. The summed E-state index contributed by atoms with van der Waals surface area (Å²) >= 11 is 0. The summed E-state index contributed by atoms with van der Waals surface area (Å²) in [5, 5.41) is 6.99. The van der Waals surface area contributed by atoms with E-state index in [1.165, 1.54) is 19.6 Å². The lowest BCUT2D eigenvalue weighted by Crippen LogP contribution is -2.58. The van der Waals surface area contributed by atoms with Crippen molar-refractivity contribution in [2.45, 2.75) is 65.6 Å². The molecule has 4 aliphatic rings. The van der Waals surface area contributed by atoms with E-state index in [0.29, 0.717) is 69.3 Å². The third-order valence-electron chi connectivity index (χ3n) is 11.1. The number of amides is 1. The molecule has 2 aromatic carbocycles. The molecule has 8 rings (SSSR count). The van der Waals surface area contributed by atoms with Crippen LogP contribution in [0.25, 0.3) is 22.3 Å². The van der Waals surface area contributed by atoms with Gasteiger partial charge in [-0.25, -0.2) is 14.4 Å². The third-order valence-corrected chi connectivity index (χ3v) is 11.1. The van der Waals surface area contributed by atoms with Crippen molar-refractivity contribution in [2.24, 2.45) is 28.2 Å². The lowest BCUT2D eigenvalue weighted by molar-refractivity contribution is -0.124. The topological polar surface area (TPSA) is 114 Å². The number of aliphatic imine (C=N–C) groups is 1. The summed E-state index contributed by atoms with van der Waals surface area (Å²) in [5.41, 5.74) is 2.51. The number of piperazine rings is 1. The van der Waals surface area contributed by atoms with Crippen LogP contribution in [-0.2, 0) is 17.8 Å². The van der Waals surface area contributed by atoms with Crippen LogP contribution in [0, 0.1) is 29.0 Å². The number of halogens is 1. The largest absolute Gasteiger partial charge is 0.497 e. The Morgan fingerprint density at radius 1 is 1.14 bits per heavy atom. The van der Waals surface area contributed by atoms with E-state index in [1.807, 2.05) is 30.0 Å². The van der Waals surface area contributed by atoms with Crippen LogP contribution in [0.4, 0.5) is 10.1 Å². The van der Waals surface area contributed by atoms with Gasteiger partial charge in [-0.05, 0) is 91.3 Å². The van der Waals surface area contributed by atoms with Crippen LogP contribution >= 0.6 is 0 Å². The zero-order valence-corrected chi connectivity index (χ0v) is 28.7. The number of aryl methyl sites for hydroxylation is 1. The van der Waals surface area contributed by atoms with Crippen LogP contribution in [0.15, 0.2) is 70.7 Å². The molecule has 0 radical (unpaired) electrons. The summed E-state index contributed by atoms with van der Waals surface area (Å²) in [5.74, 6) is 2.83. The molecule has 1 unspecified atom stereocenters. The Hall–Kier alpha value is -4.80. The molecular weight excluding hydrogens is 621 g/mol. The lowest BCUT2D eigenvalue weighted by atomic mass is 9.45. The first-order valence-corrected chi connectivity index (χ1v) is 17.2. The van der Waals surface area contributed by atoms with Gasteiger partial charge in [-0.15, -0.1) is 0 Å². The molecule has 3 aliphatic carbocycles. The Kier molecular flexibility index (Phi) is 8.62. The second-order valence-corrected chi connectivity index (χ2v) is 14.5. The first-order valence-electron chi connectivity index (χ1n) is 17.2. The average Bonchev–Trinajstić information content (AvgIpc) is 3.08. The molecule has 11 heteroatoms. The molecule has 1 saturated heterocycles. The summed E-state index contributed by atoms with van der Waals surface area (Å²) in [4.78, 5) is 43.3. The SMILES string of the molecule is COc1ccc(CCn2c(-c3cccnc3)nc3cc(N/C(=N/C4C[C@H]5C[C@@H]([C@@H]4C)C5(C)C)N4CC(=O)N[C@@H](C)C4)ccc3c2=O)c(F)c1. The number of ether oxygens (including phenoxy) is 1. The Morgan fingerprint density at radius 3 is 2.67 bits per heavy atom. The number of hydrogen-bond acceptors (Lipinski definition) is 6. The van der Waals surface area contributed by atoms with Crippen molar-refractivity contribution < 1.29 is 13.9 Å². The highest BCUT2D eigenvalue weighted by atomic mass is 19.1. The molecule has 2 aromatic heterocycles. The van der Waals surface area contributed by atoms with Crippen molar-refractivity contribution >= 4 is 28.5 Å². The predicted octanol–water partition coefficient (Wildman–Crippen LogP) is 5.51. The molecule has 2 N–H and O–H groups in total. The van der Waals surface area contributed by atoms with Gasteiger partial charge in [0.2, 0.25) is 5.91 Å². The molecule has 1 amide bonds. The second-order valence-electron chi connectivity index (χ2n) is 14.5. The van der Waals surface area contributed by atoms with Crippen LogP contribution in [-0.4, -0.2) is 63.6 Å². The molecule has 5 atom stereocenters. The fraction of sp³-hybridized carbons (Fsp3) is 0.447. The number of pyridine rings is 1. The van der Waals surface area contributed by atoms with Gasteiger partial charge in [0.05, 0.1) is 30.6 Å².